The Morgan fingerprint density at radius 2 is 2.35 bits per heavy atom. The van der Waals surface area contributed by atoms with Crippen LogP contribution in [0.2, 0.25) is 0 Å². The number of nitrogens with zero attached hydrogens (tertiary/aromatic N) is 2. The Hall–Kier alpha value is -2.15. The van der Waals surface area contributed by atoms with Gasteiger partial charge in [0.1, 0.15) is 5.69 Å². The highest BCUT2D eigenvalue weighted by Crippen LogP contribution is 2.31. The minimum atomic E-state index is -0.497. The molecule has 0 aliphatic carbocycles. The number of hydrogen-bond donors (Lipinski definition) is 2. The van der Waals surface area contributed by atoms with Crippen molar-refractivity contribution in [1.82, 2.24) is 5.32 Å². The second-order valence-electron chi connectivity index (χ2n) is 4.71. The van der Waals surface area contributed by atoms with Crippen LogP contribution in [0.1, 0.15) is 23.7 Å². The molecule has 7 heteroatoms. The van der Waals surface area contributed by atoms with Crippen molar-refractivity contribution in [2.24, 2.45) is 0 Å². The highest BCUT2D eigenvalue weighted by atomic mass is 16.6. The quantitative estimate of drug-likeness (QED) is 0.631. The molecule has 1 amide bonds. The number of benzene rings is 1. The van der Waals surface area contributed by atoms with Gasteiger partial charge in [-0.15, -0.1) is 0 Å². The van der Waals surface area contributed by atoms with Gasteiger partial charge in [0.15, 0.2) is 0 Å². The maximum Gasteiger partial charge on any atom is 0.293 e. The standard InChI is InChI=1S/C13H17N3O4/c1-2-14-13(18)9-3-4-11(12(7-9)16(19)20)15-6-5-10(17)8-15/h3-4,7,10,17H,2,5-6,8H2,1H3,(H,14,18)/t10-/m0/s1. The summed E-state index contributed by atoms with van der Waals surface area (Å²) in [7, 11) is 0. The number of amides is 1. The second-order valence-corrected chi connectivity index (χ2v) is 4.71. The molecular weight excluding hydrogens is 262 g/mol. The Labute approximate surface area is 116 Å². The van der Waals surface area contributed by atoms with E-state index >= 15 is 0 Å². The van der Waals surface area contributed by atoms with Crippen LogP contribution >= 0.6 is 0 Å². The molecule has 7 nitrogen and oxygen atoms in total. The van der Waals surface area contributed by atoms with E-state index in [1.54, 1.807) is 24.0 Å². The number of carbonyl (C=O) groups is 1. The fourth-order valence-electron chi connectivity index (χ4n) is 2.30. The monoisotopic (exact) mass is 279 g/mol. The van der Waals surface area contributed by atoms with Crippen LogP contribution in [0, 0.1) is 10.1 Å². The van der Waals surface area contributed by atoms with Crippen LogP contribution in [0.3, 0.4) is 0 Å². The lowest BCUT2D eigenvalue weighted by atomic mass is 10.1. The van der Waals surface area contributed by atoms with Crippen molar-refractivity contribution in [3.05, 3.63) is 33.9 Å². The first kappa shape index (κ1) is 14.3. The van der Waals surface area contributed by atoms with Crippen LogP contribution in [-0.2, 0) is 0 Å². The molecule has 0 bridgehead atoms. The van der Waals surface area contributed by atoms with Gasteiger partial charge < -0.3 is 15.3 Å². The molecule has 0 aromatic heterocycles. The smallest absolute Gasteiger partial charge is 0.293 e. The Morgan fingerprint density at radius 1 is 1.60 bits per heavy atom. The highest BCUT2D eigenvalue weighted by Gasteiger charge is 2.27. The molecule has 0 spiro atoms. The Kier molecular flexibility index (Phi) is 4.19. The average Bonchev–Trinajstić information content (AvgIpc) is 2.84. The lowest BCUT2D eigenvalue weighted by Gasteiger charge is -2.18. The summed E-state index contributed by atoms with van der Waals surface area (Å²) in [6.45, 7) is 3.20. The lowest BCUT2D eigenvalue weighted by Crippen LogP contribution is -2.24. The van der Waals surface area contributed by atoms with Crippen molar-refractivity contribution in [2.45, 2.75) is 19.4 Å². The van der Waals surface area contributed by atoms with Crippen molar-refractivity contribution < 1.29 is 14.8 Å². The van der Waals surface area contributed by atoms with E-state index in [9.17, 15) is 20.0 Å². The van der Waals surface area contributed by atoms with E-state index in [-0.39, 0.29) is 17.2 Å². The molecule has 108 valence electrons. The van der Waals surface area contributed by atoms with Gasteiger partial charge >= 0.3 is 0 Å². The number of rotatable bonds is 4. The third-order valence-corrected chi connectivity index (χ3v) is 3.28. The normalized spacial score (nSPS) is 18.1. The third kappa shape index (κ3) is 2.88. The van der Waals surface area contributed by atoms with Crippen molar-refractivity contribution in [1.29, 1.82) is 0 Å². The maximum atomic E-state index is 11.7. The van der Waals surface area contributed by atoms with Crippen LogP contribution in [-0.4, -0.2) is 41.7 Å². The van der Waals surface area contributed by atoms with Crippen LogP contribution in [0.4, 0.5) is 11.4 Å². The van der Waals surface area contributed by atoms with Gasteiger partial charge in [-0.1, -0.05) is 0 Å². The maximum absolute atomic E-state index is 11.7. The van der Waals surface area contributed by atoms with E-state index in [1.807, 2.05) is 0 Å². The molecule has 1 heterocycles. The van der Waals surface area contributed by atoms with E-state index in [4.69, 9.17) is 0 Å². The molecule has 2 rings (SSSR count). The summed E-state index contributed by atoms with van der Waals surface area (Å²) in [5.74, 6) is -0.330. The highest BCUT2D eigenvalue weighted by molar-refractivity contribution is 5.95. The van der Waals surface area contributed by atoms with E-state index in [1.165, 1.54) is 6.07 Å². The number of aliphatic hydroxyl groups is 1. The van der Waals surface area contributed by atoms with Gasteiger partial charge in [-0.3, -0.25) is 14.9 Å². The minimum Gasteiger partial charge on any atom is -0.391 e. The first-order chi connectivity index (χ1) is 9.52. The summed E-state index contributed by atoms with van der Waals surface area (Å²) >= 11 is 0. The number of nitro benzene ring substituents is 1. The number of carbonyl (C=O) groups excluding carboxylic acids is 1. The molecule has 1 atom stereocenters. The molecular formula is C13H17N3O4. The summed E-state index contributed by atoms with van der Waals surface area (Å²) < 4.78 is 0. The Bertz CT molecular complexity index is 532. The molecule has 20 heavy (non-hydrogen) atoms. The Morgan fingerprint density at radius 3 is 2.90 bits per heavy atom. The average molecular weight is 279 g/mol. The zero-order chi connectivity index (χ0) is 14.7. The van der Waals surface area contributed by atoms with Gasteiger partial charge in [-0.25, -0.2) is 0 Å². The number of nitro groups is 1. The van der Waals surface area contributed by atoms with Crippen LogP contribution in [0.15, 0.2) is 18.2 Å². The summed E-state index contributed by atoms with van der Waals surface area (Å²) in [5, 5.41) is 23.3. The van der Waals surface area contributed by atoms with Gasteiger partial charge in [0.05, 0.1) is 11.0 Å². The summed E-state index contributed by atoms with van der Waals surface area (Å²) in [6, 6.07) is 4.42. The summed E-state index contributed by atoms with van der Waals surface area (Å²) in [4.78, 5) is 24.2. The summed E-state index contributed by atoms with van der Waals surface area (Å²) in [5.41, 5.74) is 0.601. The molecule has 0 saturated carbocycles. The van der Waals surface area contributed by atoms with Gasteiger partial charge in [-0.2, -0.15) is 0 Å². The van der Waals surface area contributed by atoms with Crippen LogP contribution in [0.25, 0.3) is 0 Å². The van der Waals surface area contributed by atoms with E-state index in [0.29, 0.717) is 31.7 Å². The van der Waals surface area contributed by atoms with Gasteiger partial charge in [-0.05, 0) is 25.5 Å². The molecule has 2 N–H and O–H groups in total. The molecule has 1 saturated heterocycles. The van der Waals surface area contributed by atoms with Gasteiger partial charge in [0.2, 0.25) is 0 Å². The van der Waals surface area contributed by atoms with Crippen molar-refractivity contribution in [3.63, 3.8) is 0 Å². The number of aliphatic hydroxyl groups excluding tert-OH is 1. The molecule has 0 unspecified atom stereocenters. The first-order valence-electron chi connectivity index (χ1n) is 6.52. The fraction of sp³-hybridized carbons (Fsp3) is 0.462. The van der Waals surface area contributed by atoms with E-state index in [0.717, 1.165) is 0 Å². The van der Waals surface area contributed by atoms with Crippen LogP contribution < -0.4 is 10.2 Å². The van der Waals surface area contributed by atoms with Crippen molar-refractivity contribution in [3.8, 4) is 0 Å². The molecule has 1 aromatic rings. The number of hydrogen-bond acceptors (Lipinski definition) is 5. The fourth-order valence-corrected chi connectivity index (χ4v) is 2.30. The number of nitrogens with one attached hydrogen (secondary N) is 1. The summed E-state index contributed by atoms with van der Waals surface area (Å²) in [6.07, 6.45) is 0.132. The van der Waals surface area contributed by atoms with Crippen molar-refractivity contribution >= 4 is 17.3 Å². The molecule has 1 aromatic carbocycles. The first-order valence-corrected chi connectivity index (χ1v) is 6.52. The zero-order valence-electron chi connectivity index (χ0n) is 11.2. The molecule has 1 aliphatic heterocycles. The minimum absolute atomic E-state index is 0.108. The molecule has 1 aliphatic rings. The van der Waals surface area contributed by atoms with E-state index < -0.39 is 11.0 Å². The van der Waals surface area contributed by atoms with Crippen LogP contribution in [0.5, 0.6) is 0 Å². The number of β-amino-alcohol motifs (C(OH)–C–C–N with tert-alkyl or cyclic N) is 1. The predicted octanol–water partition coefficient (Wildman–Crippen LogP) is 0.916. The third-order valence-electron chi connectivity index (χ3n) is 3.28. The lowest BCUT2D eigenvalue weighted by molar-refractivity contribution is -0.384. The van der Waals surface area contributed by atoms with Gasteiger partial charge in [0.25, 0.3) is 11.6 Å². The van der Waals surface area contributed by atoms with E-state index in [2.05, 4.69) is 5.32 Å². The largest absolute Gasteiger partial charge is 0.391 e. The Balaban J connectivity index is 2.33. The molecule has 1 fully saturated rings. The molecule has 0 radical (unpaired) electrons. The van der Waals surface area contributed by atoms with Crippen molar-refractivity contribution in [2.75, 3.05) is 24.5 Å². The number of anilines is 1. The second kappa shape index (κ2) is 5.87. The predicted molar refractivity (Wildman–Crippen MR) is 73.9 cm³/mol. The SMILES string of the molecule is CCNC(=O)c1ccc(N2CC[C@H](O)C2)c([N+](=O)[O-])c1. The zero-order valence-corrected chi connectivity index (χ0v) is 11.2. The van der Waals surface area contributed by atoms with Gasteiger partial charge in [0, 0.05) is 31.3 Å². The topological polar surface area (TPSA) is 95.7 Å².